The zero-order valence-corrected chi connectivity index (χ0v) is 19.4. The maximum Gasteiger partial charge on any atom is 0.308 e. The van der Waals surface area contributed by atoms with E-state index in [1.165, 1.54) is 21.1 Å². The fourth-order valence-electron chi connectivity index (χ4n) is 3.43. The van der Waals surface area contributed by atoms with Crippen molar-refractivity contribution in [3.05, 3.63) is 60.2 Å². The Morgan fingerprint density at radius 2 is 1.72 bits per heavy atom. The molecule has 0 heterocycles. The number of hydrogen-bond acceptors (Lipinski definition) is 6. The first-order chi connectivity index (χ1) is 15.5. The smallest absolute Gasteiger partial charge is 0.308 e. The molecule has 0 saturated carbocycles. The number of fused-ring (bicyclic) bond motifs is 1. The predicted octanol–water partition coefficient (Wildman–Crippen LogP) is 4.89. The van der Waals surface area contributed by atoms with Gasteiger partial charge in [0.25, 0.3) is 0 Å². The molecule has 0 amide bonds. The first-order valence-electron chi connectivity index (χ1n) is 10.4. The Balaban J connectivity index is 1.67. The third-order valence-corrected chi connectivity index (χ3v) is 6.27. The molecule has 0 N–H and O–H groups in total. The molecule has 3 aromatic carbocycles. The Morgan fingerprint density at radius 3 is 2.41 bits per heavy atom. The third-order valence-electron chi connectivity index (χ3n) is 4.87. The molecule has 0 spiro atoms. The largest absolute Gasteiger partial charge is 0.616 e. The molecule has 0 aliphatic carbocycles. The predicted molar refractivity (Wildman–Crippen MR) is 126 cm³/mol. The summed E-state index contributed by atoms with van der Waals surface area (Å²) < 4.78 is 34.7. The summed E-state index contributed by atoms with van der Waals surface area (Å²) in [6, 6.07) is 17.3. The van der Waals surface area contributed by atoms with E-state index in [0.717, 1.165) is 23.8 Å². The van der Waals surface area contributed by atoms with Gasteiger partial charge in [-0.05, 0) is 41.5 Å². The number of hydrogen-bond donors (Lipinski definition) is 0. The molecule has 32 heavy (non-hydrogen) atoms. The summed E-state index contributed by atoms with van der Waals surface area (Å²) in [4.78, 5) is 11.7. The topological polar surface area (TPSA) is 77.0 Å². The monoisotopic (exact) mass is 456 g/mol. The molecule has 6 nitrogen and oxygen atoms in total. The standard InChI is InChI=1S/C25H28O6S/c1-18(26)31-25-23-20(16-22(28-2)24(25)29-3)12-9-13-21(23)30-14-7-8-15-32(27)17-19-10-5-4-6-11-19/h4-6,9-13,16H,7-8,14-15,17H2,1-3H3. The highest BCUT2D eigenvalue weighted by molar-refractivity contribution is 7.90. The van der Waals surface area contributed by atoms with Crippen LogP contribution < -0.4 is 18.9 Å². The maximum absolute atomic E-state index is 12.3. The molecular weight excluding hydrogens is 428 g/mol. The van der Waals surface area contributed by atoms with Gasteiger partial charge in [0.2, 0.25) is 5.75 Å². The van der Waals surface area contributed by atoms with Gasteiger partial charge in [-0.15, -0.1) is 0 Å². The van der Waals surface area contributed by atoms with Crippen LogP contribution in [0.2, 0.25) is 0 Å². The lowest BCUT2D eigenvalue weighted by Crippen LogP contribution is -2.11. The molecular formula is C25H28O6S. The number of carbonyl (C=O) groups excluding carboxylic acids is 1. The number of methoxy groups -OCH3 is 2. The molecule has 7 heteroatoms. The first kappa shape index (κ1) is 23.8. The van der Waals surface area contributed by atoms with Crippen LogP contribution in [0.4, 0.5) is 0 Å². The van der Waals surface area contributed by atoms with Crippen LogP contribution in [-0.4, -0.2) is 37.1 Å². The van der Waals surface area contributed by atoms with Gasteiger partial charge in [-0.25, -0.2) is 0 Å². The van der Waals surface area contributed by atoms with Gasteiger partial charge in [0.1, 0.15) is 17.3 Å². The second-order valence-electron chi connectivity index (χ2n) is 7.22. The van der Waals surface area contributed by atoms with Crippen molar-refractivity contribution in [2.45, 2.75) is 25.5 Å². The minimum Gasteiger partial charge on any atom is -0.616 e. The lowest BCUT2D eigenvalue weighted by molar-refractivity contribution is -0.131. The summed E-state index contributed by atoms with van der Waals surface area (Å²) in [5.41, 5.74) is 1.08. The average molecular weight is 457 g/mol. The van der Waals surface area contributed by atoms with Crippen molar-refractivity contribution in [3.8, 4) is 23.0 Å². The van der Waals surface area contributed by atoms with E-state index in [4.69, 9.17) is 18.9 Å². The van der Waals surface area contributed by atoms with Crippen LogP contribution in [0, 0.1) is 0 Å². The highest BCUT2D eigenvalue weighted by atomic mass is 32.2. The van der Waals surface area contributed by atoms with Crippen molar-refractivity contribution in [1.29, 1.82) is 0 Å². The van der Waals surface area contributed by atoms with Gasteiger partial charge in [0, 0.05) is 12.5 Å². The first-order valence-corrected chi connectivity index (χ1v) is 11.9. The molecule has 0 fully saturated rings. The van der Waals surface area contributed by atoms with E-state index in [9.17, 15) is 9.35 Å². The quantitative estimate of drug-likeness (QED) is 0.177. The van der Waals surface area contributed by atoms with Crippen molar-refractivity contribution < 1.29 is 28.3 Å². The van der Waals surface area contributed by atoms with E-state index in [2.05, 4.69) is 0 Å². The number of rotatable bonds is 11. The number of ether oxygens (including phenoxy) is 4. The Bertz CT molecular complexity index is 1040. The summed E-state index contributed by atoms with van der Waals surface area (Å²) in [5, 5.41) is 1.45. The Morgan fingerprint density at radius 1 is 0.938 bits per heavy atom. The fraction of sp³-hybridized carbons (Fsp3) is 0.320. The molecule has 0 bridgehead atoms. The summed E-state index contributed by atoms with van der Waals surface area (Å²) in [6.45, 7) is 1.79. The van der Waals surface area contributed by atoms with Crippen molar-refractivity contribution in [2.75, 3.05) is 26.6 Å². The molecule has 3 aromatic rings. The van der Waals surface area contributed by atoms with Crippen molar-refractivity contribution in [3.63, 3.8) is 0 Å². The normalized spacial score (nSPS) is 11.8. The van der Waals surface area contributed by atoms with Crippen LogP contribution in [0.5, 0.6) is 23.0 Å². The van der Waals surface area contributed by atoms with Crippen molar-refractivity contribution >= 4 is 27.9 Å². The van der Waals surface area contributed by atoms with Crippen molar-refractivity contribution in [2.24, 2.45) is 0 Å². The van der Waals surface area contributed by atoms with E-state index >= 15 is 0 Å². The average Bonchev–Trinajstić information content (AvgIpc) is 2.78. The Labute approximate surface area is 191 Å². The molecule has 1 unspecified atom stereocenters. The maximum atomic E-state index is 12.3. The van der Waals surface area contributed by atoms with Gasteiger partial charge in [0.05, 0.1) is 26.2 Å². The molecule has 0 aliphatic rings. The van der Waals surface area contributed by atoms with Gasteiger partial charge >= 0.3 is 5.97 Å². The van der Waals surface area contributed by atoms with Gasteiger partial charge in [-0.3, -0.25) is 4.79 Å². The lowest BCUT2D eigenvalue weighted by atomic mass is 10.1. The number of carbonyl (C=O) groups is 1. The van der Waals surface area contributed by atoms with Crippen LogP contribution in [0.3, 0.4) is 0 Å². The van der Waals surface area contributed by atoms with Gasteiger partial charge < -0.3 is 23.5 Å². The highest BCUT2D eigenvalue weighted by Gasteiger charge is 2.21. The molecule has 3 rings (SSSR count). The van der Waals surface area contributed by atoms with E-state index < -0.39 is 17.1 Å². The molecule has 0 radical (unpaired) electrons. The Kier molecular flexibility index (Phi) is 8.64. The molecule has 0 saturated heterocycles. The third kappa shape index (κ3) is 6.08. The van der Waals surface area contributed by atoms with Crippen LogP contribution in [0.25, 0.3) is 10.8 Å². The zero-order valence-electron chi connectivity index (χ0n) is 18.6. The molecule has 170 valence electrons. The van der Waals surface area contributed by atoms with Crippen LogP contribution in [0.1, 0.15) is 25.3 Å². The van der Waals surface area contributed by atoms with Gasteiger partial charge in [-0.2, -0.15) is 0 Å². The number of unbranched alkanes of at least 4 members (excludes halogenated alkanes) is 1. The fourth-order valence-corrected chi connectivity index (χ4v) is 4.66. The Hall–Kier alpha value is -2.90. The van der Waals surface area contributed by atoms with Crippen molar-refractivity contribution in [1.82, 2.24) is 0 Å². The SMILES string of the molecule is COc1cc2cccc(OCCCC[S+]([O-])Cc3ccccc3)c2c(OC(C)=O)c1OC. The van der Waals surface area contributed by atoms with Gasteiger partial charge in [-0.1, -0.05) is 42.5 Å². The van der Waals surface area contributed by atoms with Gasteiger partial charge in [0.15, 0.2) is 11.5 Å². The van der Waals surface area contributed by atoms with E-state index in [-0.39, 0.29) is 5.75 Å². The molecule has 0 aromatic heterocycles. The minimum atomic E-state index is -0.903. The van der Waals surface area contributed by atoms with Crippen LogP contribution in [0.15, 0.2) is 54.6 Å². The zero-order chi connectivity index (χ0) is 22.9. The van der Waals surface area contributed by atoms with Crippen LogP contribution in [-0.2, 0) is 21.7 Å². The van der Waals surface area contributed by atoms with Crippen LogP contribution >= 0.6 is 0 Å². The lowest BCUT2D eigenvalue weighted by Gasteiger charge is -2.17. The summed E-state index contributed by atoms with van der Waals surface area (Å²) in [7, 11) is 3.03. The molecule has 1 atom stereocenters. The number of esters is 1. The second kappa shape index (κ2) is 11.6. The second-order valence-corrected chi connectivity index (χ2v) is 8.80. The van der Waals surface area contributed by atoms with E-state index in [1.807, 2.05) is 54.6 Å². The van der Waals surface area contributed by atoms with E-state index in [0.29, 0.717) is 40.7 Å². The summed E-state index contributed by atoms with van der Waals surface area (Å²) in [5.74, 6) is 2.39. The molecule has 0 aliphatic heterocycles. The summed E-state index contributed by atoms with van der Waals surface area (Å²) in [6.07, 6.45) is 1.55. The van der Waals surface area contributed by atoms with E-state index in [1.54, 1.807) is 0 Å². The summed E-state index contributed by atoms with van der Waals surface area (Å²) >= 11 is -0.903. The number of benzene rings is 3. The minimum absolute atomic E-state index is 0.272. The highest BCUT2D eigenvalue weighted by Crippen LogP contribution is 2.47.